The van der Waals surface area contributed by atoms with E-state index in [0.717, 1.165) is 6.42 Å². The molecule has 2 aromatic rings. The summed E-state index contributed by atoms with van der Waals surface area (Å²) in [6.07, 6.45) is 1.13. The quantitative estimate of drug-likeness (QED) is 0.635. The van der Waals surface area contributed by atoms with Crippen molar-refractivity contribution in [2.24, 2.45) is 0 Å². The van der Waals surface area contributed by atoms with Gasteiger partial charge in [-0.25, -0.2) is 0 Å². The average molecular weight is 190 g/mol. The Labute approximate surface area is 83.2 Å². The molecule has 0 bridgehead atoms. The SMILES string of the molecule is CCc1cc(C)c2sc(C)cc2c1. The fourth-order valence-corrected chi connectivity index (χ4v) is 2.70. The summed E-state index contributed by atoms with van der Waals surface area (Å²) in [4.78, 5) is 1.41. The standard InChI is InChI=1S/C12H14S/c1-4-10-5-8(2)12-11(7-10)6-9(3)13-12/h5-7H,4H2,1-3H3. The van der Waals surface area contributed by atoms with Crippen molar-refractivity contribution in [3.05, 3.63) is 34.2 Å². The molecule has 68 valence electrons. The van der Waals surface area contributed by atoms with Crippen molar-refractivity contribution >= 4 is 21.4 Å². The Balaban J connectivity index is 2.75. The highest BCUT2D eigenvalue weighted by Gasteiger charge is 2.02. The Hall–Kier alpha value is -0.820. The molecule has 1 heterocycles. The molecular formula is C12H14S. The first-order valence-electron chi connectivity index (χ1n) is 4.70. The third kappa shape index (κ3) is 1.49. The minimum absolute atomic E-state index is 1.13. The zero-order valence-corrected chi connectivity index (χ0v) is 9.16. The van der Waals surface area contributed by atoms with Crippen molar-refractivity contribution in [3.63, 3.8) is 0 Å². The molecule has 0 fully saturated rings. The molecule has 1 aromatic carbocycles. The van der Waals surface area contributed by atoms with Gasteiger partial charge in [0.15, 0.2) is 0 Å². The van der Waals surface area contributed by atoms with Gasteiger partial charge in [-0.15, -0.1) is 11.3 Å². The second-order valence-electron chi connectivity index (χ2n) is 3.54. The summed E-state index contributed by atoms with van der Waals surface area (Å²) in [5, 5.41) is 1.42. The molecule has 0 amide bonds. The van der Waals surface area contributed by atoms with Gasteiger partial charge in [-0.2, -0.15) is 0 Å². The van der Waals surface area contributed by atoms with Crippen LogP contribution < -0.4 is 0 Å². The van der Waals surface area contributed by atoms with Crippen LogP contribution in [0.2, 0.25) is 0 Å². The summed E-state index contributed by atoms with van der Waals surface area (Å²) in [5.74, 6) is 0. The molecule has 0 atom stereocenters. The molecule has 0 spiro atoms. The van der Waals surface area contributed by atoms with E-state index in [-0.39, 0.29) is 0 Å². The summed E-state index contributed by atoms with van der Waals surface area (Å²) < 4.78 is 1.45. The maximum absolute atomic E-state index is 2.31. The summed E-state index contributed by atoms with van der Waals surface area (Å²) >= 11 is 1.90. The molecular weight excluding hydrogens is 176 g/mol. The van der Waals surface area contributed by atoms with Gasteiger partial charge >= 0.3 is 0 Å². The van der Waals surface area contributed by atoms with Gasteiger partial charge < -0.3 is 0 Å². The minimum Gasteiger partial charge on any atom is -0.140 e. The van der Waals surface area contributed by atoms with Crippen LogP contribution in [0.15, 0.2) is 18.2 Å². The van der Waals surface area contributed by atoms with Crippen molar-refractivity contribution in [1.82, 2.24) is 0 Å². The first-order chi connectivity index (χ1) is 6.20. The molecule has 0 radical (unpaired) electrons. The molecule has 0 aliphatic rings. The van der Waals surface area contributed by atoms with E-state index in [1.165, 1.54) is 26.1 Å². The summed E-state index contributed by atoms with van der Waals surface area (Å²) in [5.41, 5.74) is 2.87. The predicted molar refractivity (Wildman–Crippen MR) is 60.7 cm³/mol. The number of aryl methyl sites for hydroxylation is 3. The monoisotopic (exact) mass is 190 g/mol. The highest BCUT2D eigenvalue weighted by molar-refractivity contribution is 7.19. The fraction of sp³-hybridized carbons (Fsp3) is 0.333. The topological polar surface area (TPSA) is 0 Å². The van der Waals surface area contributed by atoms with Gasteiger partial charge in [-0.1, -0.05) is 19.1 Å². The van der Waals surface area contributed by atoms with Crippen LogP contribution in [0.5, 0.6) is 0 Å². The molecule has 0 nitrogen and oxygen atoms in total. The van der Waals surface area contributed by atoms with Gasteiger partial charge in [-0.3, -0.25) is 0 Å². The average Bonchev–Trinajstić information content (AvgIpc) is 2.46. The molecule has 0 aliphatic heterocycles. The molecule has 0 saturated carbocycles. The number of hydrogen-bond acceptors (Lipinski definition) is 1. The first kappa shape index (κ1) is 8.76. The third-order valence-electron chi connectivity index (χ3n) is 2.39. The van der Waals surface area contributed by atoms with Gasteiger partial charge in [0.1, 0.15) is 0 Å². The molecule has 2 rings (SSSR count). The van der Waals surface area contributed by atoms with E-state index in [4.69, 9.17) is 0 Å². The minimum atomic E-state index is 1.13. The summed E-state index contributed by atoms with van der Waals surface area (Å²) in [6, 6.07) is 6.90. The normalized spacial score (nSPS) is 11.0. The van der Waals surface area contributed by atoms with Gasteiger partial charge in [0.05, 0.1) is 0 Å². The van der Waals surface area contributed by atoms with Gasteiger partial charge in [0.25, 0.3) is 0 Å². The lowest BCUT2D eigenvalue weighted by atomic mass is 10.1. The summed E-state index contributed by atoms with van der Waals surface area (Å²) in [6.45, 7) is 6.59. The zero-order chi connectivity index (χ0) is 9.42. The predicted octanol–water partition coefficient (Wildman–Crippen LogP) is 4.08. The lowest BCUT2D eigenvalue weighted by Gasteiger charge is -2.00. The number of rotatable bonds is 1. The van der Waals surface area contributed by atoms with Gasteiger partial charge in [0.2, 0.25) is 0 Å². The van der Waals surface area contributed by atoms with E-state index in [9.17, 15) is 0 Å². The smallest absolute Gasteiger partial charge is 0.0374 e. The maximum Gasteiger partial charge on any atom is 0.0374 e. The largest absolute Gasteiger partial charge is 0.140 e. The Kier molecular flexibility index (Phi) is 2.12. The van der Waals surface area contributed by atoms with Crippen molar-refractivity contribution in [1.29, 1.82) is 0 Å². The Morgan fingerprint density at radius 2 is 1.92 bits per heavy atom. The van der Waals surface area contributed by atoms with Gasteiger partial charge in [0, 0.05) is 9.58 Å². The van der Waals surface area contributed by atoms with E-state index in [2.05, 4.69) is 39.0 Å². The lowest BCUT2D eigenvalue weighted by molar-refractivity contribution is 1.14. The van der Waals surface area contributed by atoms with Crippen molar-refractivity contribution < 1.29 is 0 Å². The van der Waals surface area contributed by atoms with E-state index < -0.39 is 0 Å². The van der Waals surface area contributed by atoms with Crippen LogP contribution in [0.25, 0.3) is 10.1 Å². The van der Waals surface area contributed by atoms with Crippen LogP contribution >= 0.6 is 11.3 Å². The van der Waals surface area contributed by atoms with Crippen LogP contribution in [-0.4, -0.2) is 0 Å². The van der Waals surface area contributed by atoms with Gasteiger partial charge in [-0.05, 0) is 42.8 Å². The summed E-state index contributed by atoms with van der Waals surface area (Å²) in [7, 11) is 0. The van der Waals surface area contributed by atoms with Crippen LogP contribution in [0, 0.1) is 13.8 Å². The number of thiophene rings is 1. The van der Waals surface area contributed by atoms with E-state index in [0.29, 0.717) is 0 Å². The fourth-order valence-electron chi connectivity index (χ4n) is 1.74. The maximum atomic E-state index is 2.31. The molecule has 0 saturated heterocycles. The first-order valence-corrected chi connectivity index (χ1v) is 5.52. The molecule has 0 aliphatic carbocycles. The Bertz CT molecular complexity index is 438. The van der Waals surface area contributed by atoms with Crippen LogP contribution in [0.3, 0.4) is 0 Å². The van der Waals surface area contributed by atoms with Crippen molar-refractivity contribution in [2.75, 3.05) is 0 Å². The Morgan fingerprint density at radius 1 is 1.15 bits per heavy atom. The van der Waals surface area contributed by atoms with E-state index in [1.54, 1.807) is 0 Å². The molecule has 0 N–H and O–H groups in total. The molecule has 1 heteroatoms. The number of benzene rings is 1. The van der Waals surface area contributed by atoms with Crippen LogP contribution in [-0.2, 0) is 6.42 Å². The van der Waals surface area contributed by atoms with Crippen LogP contribution in [0.1, 0.15) is 22.9 Å². The molecule has 0 unspecified atom stereocenters. The third-order valence-corrected chi connectivity index (χ3v) is 3.59. The lowest BCUT2D eigenvalue weighted by Crippen LogP contribution is -1.81. The highest BCUT2D eigenvalue weighted by atomic mass is 32.1. The molecule has 1 aromatic heterocycles. The second kappa shape index (κ2) is 3.15. The Morgan fingerprint density at radius 3 is 2.62 bits per heavy atom. The van der Waals surface area contributed by atoms with E-state index in [1.807, 2.05) is 11.3 Å². The van der Waals surface area contributed by atoms with Crippen molar-refractivity contribution in [3.8, 4) is 0 Å². The highest BCUT2D eigenvalue weighted by Crippen LogP contribution is 2.29. The van der Waals surface area contributed by atoms with Crippen LogP contribution in [0.4, 0.5) is 0 Å². The second-order valence-corrected chi connectivity index (χ2v) is 4.80. The number of hydrogen-bond donors (Lipinski definition) is 0. The number of fused-ring (bicyclic) bond motifs is 1. The van der Waals surface area contributed by atoms with E-state index >= 15 is 0 Å². The van der Waals surface area contributed by atoms with Crippen molar-refractivity contribution in [2.45, 2.75) is 27.2 Å². The molecule has 13 heavy (non-hydrogen) atoms. The zero-order valence-electron chi connectivity index (χ0n) is 8.35.